The number of carboxylic acids is 2. The van der Waals surface area contributed by atoms with Gasteiger partial charge in [0.1, 0.15) is 11.4 Å². The van der Waals surface area contributed by atoms with Crippen LogP contribution in [0.15, 0.2) is 18.2 Å². The standard InChI is InChI=1S/C11H8FNO6/c12-8-5-7(11(16)17)9(13(18)19)4-6(8)2-1-3-10(14)15/h1-2,4-5H,3H2,(H,14,15)(H,16,17). The summed E-state index contributed by atoms with van der Waals surface area (Å²) in [5.41, 5.74) is -1.78. The monoisotopic (exact) mass is 269 g/mol. The molecule has 0 saturated carbocycles. The number of nitro groups is 1. The Morgan fingerprint density at radius 2 is 2.00 bits per heavy atom. The highest BCUT2D eigenvalue weighted by Gasteiger charge is 2.22. The Balaban J connectivity index is 3.25. The molecule has 0 amide bonds. The van der Waals surface area contributed by atoms with E-state index in [4.69, 9.17) is 10.2 Å². The molecule has 0 spiro atoms. The summed E-state index contributed by atoms with van der Waals surface area (Å²) in [4.78, 5) is 30.7. The van der Waals surface area contributed by atoms with E-state index in [0.717, 1.165) is 18.2 Å². The van der Waals surface area contributed by atoms with Crippen molar-refractivity contribution in [2.24, 2.45) is 0 Å². The maximum atomic E-state index is 13.5. The molecule has 1 aromatic rings. The van der Waals surface area contributed by atoms with Crippen LogP contribution in [0.25, 0.3) is 6.08 Å². The minimum atomic E-state index is -1.62. The zero-order valence-corrected chi connectivity index (χ0v) is 9.37. The predicted octanol–water partition coefficient (Wildman–Crippen LogP) is 1.92. The maximum absolute atomic E-state index is 13.5. The predicted molar refractivity (Wildman–Crippen MR) is 61.3 cm³/mol. The van der Waals surface area contributed by atoms with Crippen molar-refractivity contribution in [3.63, 3.8) is 0 Å². The normalized spacial score (nSPS) is 10.6. The van der Waals surface area contributed by atoms with Crippen LogP contribution < -0.4 is 0 Å². The Hall–Kier alpha value is -2.77. The molecular weight excluding hydrogens is 261 g/mol. The molecule has 2 N–H and O–H groups in total. The molecule has 0 bridgehead atoms. The molecule has 0 fully saturated rings. The molecular formula is C11H8FNO6. The van der Waals surface area contributed by atoms with Gasteiger partial charge < -0.3 is 10.2 Å². The number of aromatic carboxylic acids is 1. The second-order valence-electron chi connectivity index (χ2n) is 3.45. The van der Waals surface area contributed by atoms with Gasteiger partial charge in [0.2, 0.25) is 0 Å². The number of hydrogen-bond acceptors (Lipinski definition) is 4. The molecule has 1 rings (SSSR count). The number of aliphatic carboxylic acids is 1. The first-order valence-corrected chi connectivity index (χ1v) is 4.92. The Morgan fingerprint density at radius 1 is 1.37 bits per heavy atom. The minimum Gasteiger partial charge on any atom is -0.481 e. The highest BCUT2D eigenvalue weighted by Crippen LogP contribution is 2.24. The first-order valence-electron chi connectivity index (χ1n) is 4.92. The number of carboxylic acid groups (broad SMARTS) is 2. The van der Waals surface area contributed by atoms with Gasteiger partial charge in [0.25, 0.3) is 5.69 Å². The summed E-state index contributed by atoms with van der Waals surface area (Å²) < 4.78 is 13.5. The lowest BCUT2D eigenvalue weighted by atomic mass is 10.1. The van der Waals surface area contributed by atoms with Crippen LogP contribution in [-0.2, 0) is 4.79 Å². The van der Waals surface area contributed by atoms with Crippen molar-refractivity contribution in [1.82, 2.24) is 0 Å². The van der Waals surface area contributed by atoms with E-state index in [1.807, 2.05) is 0 Å². The number of halogens is 1. The molecule has 7 nitrogen and oxygen atoms in total. The van der Waals surface area contributed by atoms with Crippen LogP contribution in [-0.4, -0.2) is 27.1 Å². The van der Waals surface area contributed by atoms with Gasteiger partial charge in [-0.1, -0.05) is 12.2 Å². The Morgan fingerprint density at radius 3 is 2.47 bits per heavy atom. The number of carbonyl (C=O) groups is 2. The van der Waals surface area contributed by atoms with Crippen LogP contribution in [0.5, 0.6) is 0 Å². The lowest BCUT2D eigenvalue weighted by Gasteiger charge is -2.01. The average molecular weight is 269 g/mol. The molecule has 0 radical (unpaired) electrons. The SMILES string of the molecule is O=C(O)CC=Cc1cc([N+](=O)[O-])c(C(=O)O)cc1F. The molecule has 0 atom stereocenters. The van der Waals surface area contributed by atoms with Gasteiger partial charge in [0, 0.05) is 11.6 Å². The molecule has 0 aromatic heterocycles. The van der Waals surface area contributed by atoms with Crippen molar-refractivity contribution in [1.29, 1.82) is 0 Å². The van der Waals surface area contributed by atoms with E-state index in [9.17, 15) is 24.1 Å². The van der Waals surface area contributed by atoms with E-state index in [1.54, 1.807) is 0 Å². The summed E-state index contributed by atoms with van der Waals surface area (Å²) in [7, 11) is 0. The molecule has 0 aliphatic heterocycles. The Labute approximate surface area is 105 Å². The summed E-state index contributed by atoms with van der Waals surface area (Å²) in [5.74, 6) is -3.75. The van der Waals surface area contributed by atoms with Gasteiger partial charge in [-0.2, -0.15) is 0 Å². The summed E-state index contributed by atoms with van der Waals surface area (Å²) in [5, 5.41) is 27.8. The highest BCUT2D eigenvalue weighted by molar-refractivity contribution is 5.93. The van der Waals surface area contributed by atoms with Crippen LogP contribution >= 0.6 is 0 Å². The van der Waals surface area contributed by atoms with Gasteiger partial charge in [-0.05, 0) is 6.07 Å². The number of nitro benzene ring substituents is 1. The van der Waals surface area contributed by atoms with Crippen LogP contribution in [0.4, 0.5) is 10.1 Å². The van der Waals surface area contributed by atoms with Crippen molar-refractivity contribution < 1.29 is 29.1 Å². The van der Waals surface area contributed by atoms with Crippen molar-refractivity contribution >= 4 is 23.7 Å². The van der Waals surface area contributed by atoms with Crippen LogP contribution in [0.2, 0.25) is 0 Å². The third-order valence-corrected chi connectivity index (χ3v) is 2.13. The van der Waals surface area contributed by atoms with Gasteiger partial charge >= 0.3 is 11.9 Å². The first-order chi connectivity index (χ1) is 8.82. The third kappa shape index (κ3) is 3.60. The van der Waals surface area contributed by atoms with Gasteiger partial charge in [-0.15, -0.1) is 0 Å². The zero-order valence-electron chi connectivity index (χ0n) is 9.37. The molecule has 8 heteroatoms. The lowest BCUT2D eigenvalue weighted by molar-refractivity contribution is -0.385. The fourth-order valence-corrected chi connectivity index (χ4v) is 1.31. The minimum absolute atomic E-state index is 0.252. The Kier molecular flexibility index (Phi) is 4.30. The average Bonchev–Trinajstić information content (AvgIpc) is 2.29. The number of hydrogen-bond donors (Lipinski definition) is 2. The highest BCUT2D eigenvalue weighted by atomic mass is 19.1. The molecule has 0 aliphatic rings. The van der Waals surface area contributed by atoms with Crippen molar-refractivity contribution in [2.45, 2.75) is 6.42 Å². The fraction of sp³-hybridized carbons (Fsp3) is 0.0909. The molecule has 0 saturated heterocycles. The Bertz CT molecular complexity index is 581. The quantitative estimate of drug-likeness (QED) is 0.622. The topological polar surface area (TPSA) is 118 Å². The van der Waals surface area contributed by atoms with Crippen LogP contribution in [0.3, 0.4) is 0 Å². The summed E-state index contributed by atoms with van der Waals surface area (Å²) in [6.07, 6.45) is 1.76. The van der Waals surface area contributed by atoms with E-state index >= 15 is 0 Å². The van der Waals surface area contributed by atoms with Gasteiger partial charge in [0.05, 0.1) is 11.3 Å². The summed E-state index contributed by atoms with van der Waals surface area (Å²) in [6, 6.07) is 1.28. The molecule has 1 aromatic carbocycles. The van der Waals surface area contributed by atoms with Crippen molar-refractivity contribution in [3.05, 3.63) is 45.3 Å². The number of rotatable bonds is 5. The number of nitrogens with zero attached hydrogens (tertiary/aromatic N) is 1. The molecule has 0 heterocycles. The summed E-state index contributed by atoms with van der Waals surface area (Å²) in [6.45, 7) is 0. The van der Waals surface area contributed by atoms with E-state index < -0.39 is 33.9 Å². The molecule has 0 unspecified atom stereocenters. The van der Waals surface area contributed by atoms with Crippen LogP contribution in [0, 0.1) is 15.9 Å². The van der Waals surface area contributed by atoms with E-state index in [-0.39, 0.29) is 12.0 Å². The van der Waals surface area contributed by atoms with E-state index in [1.165, 1.54) is 0 Å². The zero-order chi connectivity index (χ0) is 14.6. The second-order valence-corrected chi connectivity index (χ2v) is 3.45. The van der Waals surface area contributed by atoms with Crippen molar-refractivity contribution in [3.8, 4) is 0 Å². The second kappa shape index (κ2) is 5.71. The van der Waals surface area contributed by atoms with Crippen LogP contribution in [0.1, 0.15) is 22.3 Å². The van der Waals surface area contributed by atoms with Crippen molar-refractivity contribution in [2.75, 3.05) is 0 Å². The van der Waals surface area contributed by atoms with E-state index in [0.29, 0.717) is 6.07 Å². The van der Waals surface area contributed by atoms with E-state index in [2.05, 4.69) is 0 Å². The summed E-state index contributed by atoms with van der Waals surface area (Å²) >= 11 is 0. The fourth-order valence-electron chi connectivity index (χ4n) is 1.31. The number of benzene rings is 1. The largest absolute Gasteiger partial charge is 0.481 e. The smallest absolute Gasteiger partial charge is 0.342 e. The first kappa shape index (κ1) is 14.3. The third-order valence-electron chi connectivity index (χ3n) is 2.13. The van der Waals surface area contributed by atoms with Gasteiger partial charge in [0.15, 0.2) is 0 Å². The van der Waals surface area contributed by atoms with Gasteiger partial charge in [-0.3, -0.25) is 14.9 Å². The molecule has 100 valence electrons. The lowest BCUT2D eigenvalue weighted by Crippen LogP contribution is -2.04. The molecule has 0 aliphatic carbocycles. The maximum Gasteiger partial charge on any atom is 0.342 e. The van der Waals surface area contributed by atoms with Gasteiger partial charge in [-0.25, -0.2) is 9.18 Å². The molecule has 19 heavy (non-hydrogen) atoms.